The number of amides is 1. The predicted octanol–water partition coefficient (Wildman–Crippen LogP) is 3.80. The van der Waals surface area contributed by atoms with E-state index in [1.807, 2.05) is 43.3 Å². The summed E-state index contributed by atoms with van der Waals surface area (Å²) >= 11 is 0. The number of ether oxygens (including phenoxy) is 1. The van der Waals surface area contributed by atoms with Gasteiger partial charge in [0.1, 0.15) is 5.75 Å². The van der Waals surface area contributed by atoms with Crippen molar-refractivity contribution in [1.82, 2.24) is 5.32 Å². The van der Waals surface area contributed by atoms with Gasteiger partial charge in [-0.1, -0.05) is 42.0 Å². The van der Waals surface area contributed by atoms with Crippen LogP contribution in [0.4, 0.5) is 5.69 Å². The van der Waals surface area contributed by atoms with Gasteiger partial charge in [-0.25, -0.2) is 8.42 Å². The minimum Gasteiger partial charge on any atom is -0.496 e. The van der Waals surface area contributed by atoms with E-state index in [1.165, 1.54) is 23.5 Å². The smallest absolute Gasteiger partial charge is 0.264 e. The molecule has 0 spiro atoms. The molecule has 0 saturated heterocycles. The molecule has 162 valence electrons. The van der Waals surface area contributed by atoms with Crippen molar-refractivity contribution in [3.8, 4) is 5.75 Å². The molecule has 0 heterocycles. The Labute approximate surface area is 183 Å². The Bertz CT molecular complexity index is 1160. The summed E-state index contributed by atoms with van der Waals surface area (Å²) in [6.07, 6.45) is 0.601. The zero-order valence-electron chi connectivity index (χ0n) is 17.8. The number of methoxy groups -OCH3 is 1. The molecule has 1 amide bonds. The first-order valence-electron chi connectivity index (χ1n) is 9.88. The lowest BCUT2D eigenvalue weighted by Gasteiger charge is -2.20. The van der Waals surface area contributed by atoms with Gasteiger partial charge < -0.3 is 10.1 Å². The van der Waals surface area contributed by atoms with Crippen molar-refractivity contribution in [2.24, 2.45) is 0 Å². The van der Waals surface area contributed by atoms with E-state index in [1.54, 1.807) is 31.4 Å². The van der Waals surface area contributed by atoms with Crippen LogP contribution in [0.5, 0.6) is 5.75 Å². The van der Waals surface area contributed by atoms with Gasteiger partial charge in [0.25, 0.3) is 15.9 Å². The lowest BCUT2D eigenvalue weighted by molar-refractivity contribution is 0.0954. The van der Waals surface area contributed by atoms with Crippen LogP contribution in [0, 0.1) is 6.92 Å². The summed E-state index contributed by atoms with van der Waals surface area (Å²) in [5, 5.41) is 2.84. The molecule has 3 rings (SSSR count). The van der Waals surface area contributed by atoms with Crippen molar-refractivity contribution in [3.63, 3.8) is 0 Å². The van der Waals surface area contributed by atoms with Gasteiger partial charge in [-0.15, -0.1) is 0 Å². The SMILES string of the molecule is COc1ccccc1CCNC(=O)c1cccc(S(=O)(=O)N(C)c2ccc(C)cc2)c1. The number of nitrogens with zero attached hydrogens (tertiary/aromatic N) is 1. The van der Waals surface area contributed by atoms with Gasteiger partial charge in [-0.05, 0) is 55.3 Å². The molecule has 7 heteroatoms. The Balaban J connectivity index is 1.71. The van der Waals surface area contributed by atoms with Crippen LogP contribution in [-0.2, 0) is 16.4 Å². The van der Waals surface area contributed by atoms with Gasteiger partial charge in [0.2, 0.25) is 0 Å². The van der Waals surface area contributed by atoms with Crippen LogP contribution in [0.2, 0.25) is 0 Å². The molecular weight excluding hydrogens is 412 g/mol. The van der Waals surface area contributed by atoms with Gasteiger partial charge >= 0.3 is 0 Å². The predicted molar refractivity (Wildman–Crippen MR) is 122 cm³/mol. The van der Waals surface area contributed by atoms with E-state index in [2.05, 4.69) is 5.32 Å². The van der Waals surface area contributed by atoms with E-state index in [0.29, 0.717) is 24.2 Å². The summed E-state index contributed by atoms with van der Waals surface area (Å²) in [5.41, 5.74) is 2.87. The maximum Gasteiger partial charge on any atom is 0.264 e. The summed E-state index contributed by atoms with van der Waals surface area (Å²) in [6, 6.07) is 20.9. The summed E-state index contributed by atoms with van der Waals surface area (Å²) in [5.74, 6) is 0.439. The quantitative estimate of drug-likeness (QED) is 0.580. The fourth-order valence-electron chi connectivity index (χ4n) is 3.17. The fraction of sp³-hybridized carbons (Fsp3) is 0.208. The highest BCUT2D eigenvalue weighted by Crippen LogP contribution is 2.23. The Morgan fingerprint density at radius 1 is 1.00 bits per heavy atom. The Morgan fingerprint density at radius 2 is 1.71 bits per heavy atom. The molecule has 0 aliphatic heterocycles. The second-order valence-corrected chi connectivity index (χ2v) is 9.12. The zero-order chi connectivity index (χ0) is 22.4. The molecule has 3 aromatic rings. The first kappa shape index (κ1) is 22.4. The van der Waals surface area contributed by atoms with Gasteiger partial charge in [0, 0.05) is 19.2 Å². The van der Waals surface area contributed by atoms with E-state index in [4.69, 9.17) is 4.74 Å². The number of para-hydroxylation sites is 1. The molecule has 1 N–H and O–H groups in total. The monoisotopic (exact) mass is 438 g/mol. The van der Waals surface area contributed by atoms with E-state index in [-0.39, 0.29) is 10.8 Å². The number of aryl methyl sites for hydroxylation is 1. The molecule has 0 unspecified atom stereocenters. The van der Waals surface area contributed by atoms with Crippen molar-refractivity contribution in [1.29, 1.82) is 0 Å². The number of carbonyl (C=O) groups is 1. The Kier molecular flexibility index (Phi) is 6.97. The summed E-state index contributed by atoms with van der Waals surface area (Å²) in [7, 11) is -0.688. The van der Waals surface area contributed by atoms with E-state index < -0.39 is 10.0 Å². The third-order valence-corrected chi connectivity index (χ3v) is 6.81. The minimum atomic E-state index is -3.80. The Hall–Kier alpha value is -3.32. The number of hydrogen-bond acceptors (Lipinski definition) is 4. The molecule has 0 radical (unpaired) electrons. The average molecular weight is 439 g/mol. The fourth-order valence-corrected chi connectivity index (χ4v) is 4.41. The number of sulfonamides is 1. The van der Waals surface area contributed by atoms with Gasteiger partial charge in [-0.3, -0.25) is 9.10 Å². The van der Waals surface area contributed by atoms with Crippen molar-refractivity contribution in [2.75, 3.05) is 25.0 Å². The number of rotatable bonds is 8. The molecule has 0 fully saturated rings. The van der Waals surface area contributed by atoms with Crippen LogP contribution in [0.15, 0.2) is 77.7 Å². The van der Waals surface area contributed by atoms with Crippen LogP contribution >= 0.6 is 0 Å². The summed E-state index contributed by atoms with van der Waals surface area (Å²) < 4.78 is 32.6. The van der Waals surface area contributed by atoms with Gasteiger partial charge in [-0.2, -0.15) is 0 Å². The van der Waals surface area contributed by atoms with Crippen molar-refractivity contribution in [3.05, 3.63) is 89.5 Å². The number of anilines is 1. The molecule has 0 aliphatic carbocycles. The maximum atomic E-state index is 13.0. The van der Waals surface area contributed by atoms with E-state index in [9.17, 15) is 13.2 Å². The van der Waals surface area contributed by atoms with Gasteiger partial charge in [0.15, 0.2) is 0 Å². The van der Waals surface area contributed by atoms with E-state index >= 15 is 0 Å². The first-order chi connectivity index (χ1) is 14.8. The van der Waals surface area contributed by atoms with Crippen LogP contribution in [0.1, 0.15) is 21.5 Å². The van der Waals surface area contributed by atoms with Crippen LogP contribution < -0.4 is 14.4 Å². The average Bonchev–Trinajstić information content (AvgIpc) is 2.79. The summed E-state index contributed by atoms with van der Waals surface area (Å²) in [4.78, 5) is 12.7. The number of hydrogen-bond donors (Lipinski definition) is 1. The number of nitrogens with one attached hydrogen (secondary N) is 1. The maximum absolute atomic E-state index is 13.0. The van der Waals surface area contributed by atoms with Crippen molar-refractivity contribution >= 4 is 21.6 Å². The molecular formula is C24H26N2O4S. The lowest BCUT2D eigenvalue weighted by atomic mass is 10.1. The second-order valence-electron chi connectivity index (χ2n) is 7.15. The molecule has 31 heavy (non-hydrogen) atoms. The molecule has 6 nitrogen and oxygen atoms in total. The van der Waals surface area contributed by atoms with Gasteiger partial charge in [0.05, 0.1) is 17.7 Å². The molecule has 0 saturated carbocycles. The first-order valence-corrected chi connectivity index (χ1v) is 11.3. The molecule has 3 aromatic carbocycles. The molecule has 0 atom stereocenters. The summed E-state index contributed by atoms with van der Waals surface area (Å²) in [6.45, 7) is 2.34. The highest BCUT2D eigenvalue weighted by atomic mass is 32.2. The standard InChI is InChI=1S/C24H26N2O4S/c1-18-11-13-21(14-12-18)26(2)31(28,29)22-9-6-8-20(17-22)24(27)25-16-15-19-7-4-5-10-23(19)30-3/h4-14,17H,15-16H2,1-3H3,(H,25,27). The molecule has 0 aromatic heterocycles. The van der Waals surface area contributed by atoms with Crippen molar-refractivity contribution < 1.29 is 17.9 Å². The van der Waals surface area contributed by atoms with Crippen LogP contribution in [0.25, 0.3) is 0 Å². The normalized spacial score (nSPS) is 11.1. The number of carbonyl (C=O) groups excluding carboxylic acids is 1. The van der Waals surface area contributed by atoms with Crippen LogP contribution in [0.3, 0.4) is 0 Å². The number of benzene rings is 3. The van der Waals surface area contributed by atoms with E-state index in [0.717, 1.165) is 16.9 Å². The highest BCUT2D eigenvalue weighted by Gasteiger charge is 2.22. The third-order valence-electron chi connectivity index (χ3n) is 5.02. The van der Waals surface area contributed by atoms with Crippen LogP contribution in [-0.4, -0.2) is 35.0 Å². The molecule has 0 aliphatic rings. The minimum absolute atomic E-state index is 0.0629. The molecule has 0 bridgehead atoms. The second kappa shape index (κ2) is 9.66. The third kappa shape index (κ3) is 5.24. The van der Waals surface area contributed by atoms with Crippen molar-refractivity contribution in [2.45, 2.75) is 18.2 Å². The Morgan fingerprint density at radius 3 is 2.42 bits per heavy atom. The largest absolute Gasteiger partial charge is 0.496 e. The highest BCUT2D eigenvalue weighted by molar-refractivity contribution is 7.92. The topological polar surface area (TPSA) is 75.7 Å². The lowest BCUT2D eigenvalue weighted by Crippen LogP contribution is -2.28. The zero-order valence-corrected chi connectivity index (χ0v) is 18.6.